The van der Waals surface area contributed by atoms with Crippen LogP contribution >= 0.6 is 80.3 Å². The van der Waals surface area contributed by atoms with E-state index in [1.54, 1.807) is 30.3 Å². The Morgan fingerprint density at radius 2 is 1.73 bits per heavy atom. The zero-order valence-corrected chi connectivity index (χ0v) is 28.7. The Morgan fingerprint density at radius 3 is 2.38 bits per heavy atom. The van der Waals surface area contributed by atoms with Gasteiger partial charge in [-0.15, -0.1) is 0 Å². The van der Waals surface area contributed by atoms with Gasteiger partial charge in [0.1, 0.15) is 12.4 Å². The van der Waals surface area contributed by atoms with Gasteiger partial charge in [0.25, 0.3) is 5.56 Å². The van der Waals surface area contributed by atoms with Gasteiger partial charge in [0, 0.05) is 31.2 Å². The van der Waals surface area contributed by atoms with Gasteiger partial charge in [-0.2, -0.15) is 13.2 Å². The summed E-state index contributed by atoms with van der Waals surface area (Å²) in [6, 6.07) is 12.4. The molecular weight excluding hydrogens is 810 g/mol. The van der Waals surface area contributed by atoms with E-state index in [0.717, 1.165) is 15.9 Å². The average Bonchev–Trinajstić information content (AvgIpc) is 3.27. The van der Waals surface area contributed by atoms with Crippen molar-refractivity contribution < 1.29 is 27.4 Å². The fraction of sp³-hybridized carbons (Fsp3) is 0.167. The summed E-state index contributed by atoms with van der Waals surface area (Å²) in [5, 5.41) is 1.49. The summed E-state index contributed by atoms with van der Waals surface area (Å²) >= 11 is 27.4. The minimum absolute atomic E-state index is 0.0202. The summed E-state index contributed by atoms with van der Waals surface area (Å²) in [6.45, 7) is 1.32. The lowest BCUT2D eigenvalue weighted by atomic mass is 9.95. The zero-order chi connectivity index (χ0) is 32.6. The molecule has 0 aliphatic carbocycles. The highest BCUT2D eigenvalue weighted by Gasteiger charge is 2.45. The molecule has 5 rings (SSSR count). The number of aromatic nitrogens is 1. The SMILES string of the molecule is CCOC(=O)C1=C(C(F)(F)F)N=c2s/c(=C\c3cc(Cl)cc(I)c3OCc3ccc(Cl)cc3Cl)c(=O)n2[C@@H]1c1ccc(Cl)cc1. The summed E-state index contributed by atoms with van der Waals surface area (Å²) in [5.74, 6) is -0.891. The molecule has 15 heteroatoms. The molecule has 0 bridgehead atoms. The number of carbonyl (C=O) groups excluding carboxylic acids is 1. The molecule has 1 atom stereocenters. The lowest BCUT2D eigenvalue weighted by Crippen LogP contribution is -2.41. The molecule has 1 aliphatic rings. The highest BCUT2D eigenvalue weighted by molar-refractivity contribution is 14.1. The largest absolute Gasteiger partial charge is 0.487 e. The van der Waals surface area contributed by atoms with Crippen LogP contribution in [0.3, 0.4) is 0 Å². The Balaban J connectivity index is 1.71. The predicted octanol–water partition coefficient (Wildman–Crippen LogP) is 8.14. The number of ether oxygens (including phenoxy) is 2. The maximum absolute atomic E-state index is 14.4. The highest BCUT2D eigenvalue weighted by atomic mass is 127. The molecule has 1 aromatic heterocycles. The van der Waals surface area contributed by atoms with Crippen LogP contribution in [-0.2, 0) is 16.1 Å². The van der Waals surface area contributed by atoms with Crippen LogP contribution in [0.25, 0.3) is 6.08 Å². The zero-order valence-electron chi connectivity index (χ0n) is 22.7. The molecule has 6 nitrogen and oxygen atoms in total. The van der Waals surface area contributed by atoms with Crippen LogP contribution in [0.4, 0.5) is 13.2 Å². The van der Waals surface area contributed by atoms with E-state index in [2.05, 4.69) is 4.99 Å². The third-order valence-electron chi connectivity index (χ3n) is 6.49. The second-order valence-corrected chi connectivity index (χ2v) is 13.3. The van der Waals surface area contributed by atoms with E-state index >= 15 is 0 Å². The van der Waals surface area contributed by atoms with Crippen LogP contribution in [0, 0.1) is 3.57 Å². The van der Waals surface area contributed by atoms with Crippen LogP contribution in [0.1, 0.15) is 29.7 Å². The van der Waals surface area contributed by atoms with Crippen molar-refractivity contribution in [3.8, 4) is 5.75 Å². The van der Waals surface area contributed by atoms with Crippen LogP contribution in [0.15, 0.2) is 75.7 Å². The number of alkyl halides is 3. The van der Waals surface area contributed by atoms with E-state index < -0.39 is 35.0 Å². The van der Waals surface area contributed by atoms with Crippen molar-refractivity contribution in [3.05, 3.63) is 126 Å². The van der Waals surface area contributed by atoms with Crippen molar-refractivity contribution in [2.75, 3.05) is 6.61 Å². The van der Waals surface area contributed by atoms with E-state index in [0.29, 0.717) is 40.5 Å². The van der Waals surface area contributed by atoms with Crippen molar-refractivity contribution in [1.29, 1.82) is 0 Å². The maximum atomic E-state index is 14.4. The van der Waals surface area contributed by atoms with E-state index in [4.69, 9.17) is 55.9 Å². The summed E-state index contributed by atoms with van der Waals surface area (Å²) in [7, 11) is 0. The molecule has 1 aliphatic heterocycles. The summed E-state index contributed by atoms with van der Waals surface area (Å²) in [6.07, 6.45) is -3.58. The van der Waals surface area contributed by atoms with Gasteiger partial charge >= 0.3 is 12.1 Å². The Bertz CT molecular complexity index is 2030. The third kappa shape index (κ3) is 7.23. The maximum Gasteiger partial charge on any atom is 0.434 e. The number of hydrogen-bond acceptors (Lipinski definition) is 6. The molecule has 0 N–H and O–H groups in total. The molecule has 0 fully saturated rings. The molecule has 0 spiro atoms. The second kappa shape index (κ2) is 13.7. The summed E-state index contributed by atoms with van der Waals surface area (Å²) < 4.78 is 56.0. The molecule has 0 amide bonds. The second-order valence-electron chi connectivity index (χ2n) is 9.45. The number of nitrogens with zero attached hydrogens (tertiary/aromatic N) is 2. The Labute approximate surface area is 291 Å². The van der Waals surface area contributed by atoms with Crippen LogP contribution in [0.5, 0.6) is 5.75 Å². The van der Waals surface area contributed by atoms with E-state index in [9.17, 15) is 22.8 Å². The molecule has 234 valence electrons. The standard InChI is InChI=1S/C30H18Cl4F3IN2O4S/c1-2-43-28(42)23-24(14-3-6-17(31)7-4-14)40-27(41)22(45-29(40)39-26(23)30(35,36)37)10-16-9-19(33)12-21(38)25(16)44-13-15-5-8-18(32)11-20(15)34/h3-12,24H,2,13H2,1H3/b22-10-/t24-/m1/s1. The monoisotopic (exact) mass is 826 g/mol. The number of carbonyl (C=O) groups is 1. The minimum atomic E-state index is -5.03. The normalized spacial score (nSPS) is 15.1. The fourth-order valence-electron chi connectivity index (χ4n) is 4.57. The van der Waals surface area contributed by atoms with Gasteiger partial charge in [0.2, 0.25) is 0 Å². The predicted molar refractivity (Wildman–Crippen MR) is 177 cm³/mol. The Morgan fingerprint density at radius 1 is 1.04 bits per heavy atom. The first-order chi connectivity index (χ1) is 21.3. The smallest absolute Gasteiger partial charge is 0.434 e. The van der Waals surface area contributed by atoms with Gasteiger partial charge in [-0.25, -0.2) is 9.79 Å². The lowest BCUT2D eigenvalue weighted by Gasteiger charge is -2.26. The van der Waals surface area contributed by atoms with Gasteiger partial charge in [0.05, 0.1) is 26.3 Å². The van der Waals surface area contributed by atoms with Gasteiger partial charge < -0.3 is 9.47 Å². The molecule has 0 radical (unpaired) electrons. The first-order valence-corrected chi connectivity index (χ1v) is 16.3. The van der Waals surface area contributed by atoms with E-state index in [-0.39, 0.29) is 28.1 Å². The number of benzene rings is 3. The van der Waals surface area contributed by atoms with E-state index in [1.807, 2.05) is 22.6 Å². The first-order valence-electron chi connectivity index (χ1n) is 12.9. The van der Waals surface area contributed by atoms with Gasteiger partial charge in [0.15, 0.2) is 10.5 Å². The fourth-order valence-corrected chi connectivity index (χ4v) is 7.36. The van der Waals surface area contributed by atoms with Crippen LogP contribution in [-0.4, -0.2) is 23.3 Å². The molecule has 0 saturated heterocycles. The number of thiazole rings is 1. The van der Waals surface area contributed by atoms with Gasteiger partial charge in [-0.05, 0) is 77.6 Å². The number of fused-ring (bicyclic) bond motifs is 1. The van der Waals surface area contributed by atoms with Crippen LogP contribution < -0.4 is 19.6 Å². The van der Waals surface area contributed by atoms with Crippen molar-refractivity contribution >= 4 is 92.4 Å². The molecular formula is C30H18Cl4F3IN2O4S. The number of rotatable bonds is 7. The van der Waals surface area contributed by atoms with E-state index in [1.165, 1.54) is 37.3 Å². The number of hydrogen-bond donors (Lipinski definition) is 0. The number of allylic oxidation sites excluding steroid dienone is 1. The summed E-state index contributed by atoms with van der Waals surface area (Å²) in [4.78, 5) is 30.5. The summed E-state index contributed by atoms with van der Waals surface area (Å²) in [5.41, 5.74) is -1.73. The van der Waals surface area contributed by atoms with Crippen molar-refractivity contribution in [2.45, 2.75) is 25.7 Å². The highest BCUT2D eigenvalue weighted by Crippen LogP contribution is 2.39. The van der Waals surface area contributed by atoms with Crippen molar-refractivity contribution in [3.63, 3.8) is 0 Å². The minimum Gasteiger partial charge on any atom is -0.487 e. The third-order valence-corrected chi connectivity index (χ3v) is 9.33. The molecule has 0 unspecified atom stereocenters. The molecule has 4 aromatic rings. The molecule has 3 aromatic carbocycles. The quantitative estimate of drug-likeness (QED) is 0.140. The Kier molecular flexibility index (Phi) is 10.3. The first kappa shape index (κ1) is 33.8. The molecule has 45 heavy (non-hydrogen) atoms. The average molecular weight is 828 g/mol. The molecule has 0 saturated carbocycles. The number of halogens is 8. The number of esters is 1. The topological polar surface area (TPSA) is 69.9 Å². The van der Waals surface area contributed by atoms with Gasteiger partial charge in [-0.1, -0.05) is 75.9 Å². The van der Waals surface area contributed by atoms with Gasteiger partial charge in [-0.3, -0.25) is 9.36 Å². The Hall–Kier alpha value is -2.55. The van der Waals surface area contributed by atoms with Crippen molar-refractivity contribution in [1.82, 2.24) is 4.57 Å². The molecule has 2 heterocycles. The lowest BCUT2D eigenvalue weighted by molar-refractivity contribution is -0.140. The van der Waals surface area contributed by atoms with Crippen molar-refractivity contribution in [2.24, 2.45) is 4.99 Å². The van der Waals surface area contributed by atoms with Crippen LogP contribution in [0.2, 0.25) is 20.1 Å².